The van der Waals surface area contributed by atoms with Crippen LogP contribution in [0.3, 0.4) is 0 Å². The van der Waals surface area contributed by atoms with Crippen molar-refractivity contribution in [2.75, 3.05) is 26.3 Å². The fourth-order valence-electron chi connectivity index (χ4n) is 5.47. The van der Waals surface area contributed by atoms with Gasteiger partial charge in [-0.3, -0.25) is 9.30 Å². The van der Waals surface area contributed by atoms with Crippen LogP contribution in [0.25, 0.3) is 28.2 Å². The Balaban J connectivity index is 1.30. The van der Waals surface area contributed by atoms with Crippen LogP contribution in [-0.4, -0.2) is 56.6 Å². The molecule has 0 spiro atoms. The Bertz CT molecular complexity index is 1380. The van der Waals surface area contributed by atoms with Gasteiger partial charge in [-0.05, 0) is 67.0 Å². The van der Waals surface area contributed by atoms with Crippen LogP contribution < -0.4 is 11.5 Å². The lowest BCUT2D eigenvalue weighted by atomic mass is 9.79. The Morgan fingerprint density at radius 1 is 0.973 bits per heavy atom. The average molecular weight is 498 g/mol. The SMILES string of the molecule is Cc1cnc(C2(N)CCC(N)CC2)nc1-c1cnc2ccc(-c3ccc(CN4CCOCC4)cc3)cn12. The number of imidazole rings is 1. The highest BCUT2D eigenvalue weighted by molar-refractivity contribution is 5.69. The molecular formula is C29H35N7O. The van der Waals surface area contributed by atoms with Crippen molar-refractivity contribution in [3.05, 3.63) is 71.9 Å². The second-order valence-corrected chi connectivity index (χ2v) is 10.6. The number of morpholine rings is 1. The minimum atomic E-state index is -0.535. The molecule has 1 aliphatic heterocycles. The minimum absolute atomic E-state index is 0.215. The van der Waals surface area contributed by atoms with Crippen LogP contribution in [-0.2, 0) is 16.8 Å². The van der Waals surface area contributed by atoms with E-state index in [9.17, 15) is 0 Å². The van der Waals surface area contributed by atoms with Gasteiger partial charge < -0.3 is 16.2 Å². The molecule has 0 amide bonds. The topological polar surface area (TPSA) is 108 Å². The van der Waals surface area contributed by atoms with Gasteiger partial charge in [0.2, 0.25) is 0 Å². The molecule has 8 heteroatoms. The molecule has 0 radical (unpaired) electrons. The number of ether oxygens (including phenoxy) is 1. The van der Waals surface area contributed by atoms with Gasteiger partial charge in [-0.2, -0.15) is 0 Å². The molecule has 4 heterocycles. The normalized spacial score (nSPS) is 22.9. The summed E-state index contributed by atoms with van der Waals surface area (Å²) in [5.74, 6) is 0.696. The Hall–Kier alpha value is -3.17. The van der Waals surface area contributed by atoms with Crippen molar-refractivity contribution in [2.45, 2.75) is 50.7 Å². The molecule has 8 nitrogen and oxygen atoms in total. The summed E-state index contributed by atoms with van der Waals surface area (Å²) in [7, 11) is 0. The highest BCUT2D eigenvalue weighted by Gasteiger charge is 2.35. The van der Waals surface area contributed by atoms with Gasteiger partial charge in [0.15, 0.2) is 0 Å². The molecule has 1 saturated heterocycles. The third kappa shape index (κ3) is 4.90. The average Bonchev–Trinajstić information content (AvgIpc) is 3.35. The van der Waals surface area contributed by atoms with Crippen molar-refractivity contribution < 1.29 is 4.74 Å². The number of benzene rings is 1. The van der Waals surface area contributed by atoms with E-state index in [4.69, 9.17) is 21.2 Å². The van der Waals surface area contributed by atoms with Crippen LogP contribution in [0, 0.1) is 6.92 Å². The molecule has 4 aromatic rings. The molecule has 0 unspecified atom stereocenters. The maximum Gasteiger partial charge on any atom is 0.148 e. The highest BCUT2D eigenvalue weighted by Crippen LogP contribution is 2.34. The van der Waals surface area contributed by atoms with Gasteiger partial charge in [0, 0.05) is 38.1 Å². The Morgan fingerprint density at radius 2 is 1.70 bits per heavy atom. The summed E-state index contributed by atoms with van der Waals surface area (Å²) in [6.07, 6.45) is 9.32. The molecule has 1 aliphatic carbocycles. The fraction of sp³-hybridized carbons (Fsp3) is 0.414. The van der Waals surface area contributed by atoms with E-state index in [1.807, 2.05) is 19.3 Å². The van der Waals surface area contributed by atoms with Crippen LogP contribution in [0.5, 0.6) is 0 Å². The molecule has 0 bridgehead atoms. The van der Waals surface area contributed by atoms with E-state index in [2.05, 4.69) is 61.9 Å². The number of hydrogen-bond acceptors (Lipinski definition) is 7. The van der Waals surface area contributed by atoms with Crippen molar-refractivity contribution in [1.82, 2.24) is 24.3 Å². The van der Waals surface area contributed by atoms with Crippen LogP contribution in [0.4, 0.5) is 0 Å². The van der Waals surface area contributed by atoms with E-state index in [-0.39, 0.29) is 6.04 Å². The van der Waals surface area contributed by atoms with Crippen molar-refractivity contribution in [1.29, 1.82) is 0 Å². The summed E-state index contributed by atoms with van der Waals surface area (Å²) >= 11 is 0. The lowest BCUT2D eigenvalue weighted by Gasteiger charge is -2.34. The molecule has 3 aromatic heterocycles. The summed E-state index contributed by atoms with van der Waals surface area (Å²) in [6.45, 7) is 6.61. The molecule has 2 aliphatic rings. The Kier molecular flexibility index (Phi) is 6.50. The second-order valence-electron chi connectivity index (χ2n) is 10.6. The number of nitrogens with zero attached hydrogens (tertiary/aromatic N) is 5. The first-order valence-electron chi connectivity index (χ1n) is 13.2. The molecular weight excluding hydrogens is 462 g/mol. The van der Waals surface area contributed by atoms with Gasteiger partial charge in [-0.25, -0.2) is 15.0 Å². The van der Waals surface area contributed by atoms with Crippen molar-refractivity contribution in [2.24, 2.45) is 11.5 Å². The third-order valence-electron chi connectivity index (χ3n) is 7.88. The number of fused-ring (bicyclic) bond motifs is 1. The molecule has 192 valence electrons. The summed E-state index contributed by atoms with van der Waals surface area (Å²) in [5, 5.41) is 0. The summed E-state index contributed by atoms with van der Waals surface area (Å²) < 4.78 is 7.59. The number of rotatable bonds is 5. The molecule has 4 N–H and O–H groups in total. The van der Waals surface area contributed by atoms with Crippen LogP contribution in [0.1, 0.15) is 42.6 Å². The van der Waals surface area contributed by atoms with Gasteiger partial charge in [-0.15, -0.1) is 0 Å². The van der Waals surface area contributed by atoms with E-state index in [1.54, 1.807) is 0 Å². The Morgan fingerprint density at radius 3 is 2.46 bits per heavy atom. The highest BCUT2D eigenvalue weighted by atomic mass is 16.5. The largest absolute Gasteiger partial charge is 0.379 e. The zero-order valence-corrected chi connectivity index (χ0v) is 21.4. The second kappa shape index (κ2) is 9.95. The van der Waals surface area contributed by atoms with Crippen LogP contribution >= 0.6 is 0 Å². The first-order chi connectivity index (χ1) is 18.0. The predicted octanol–water partition coefficient (Wildman–Crippen LogP) is 3.65. The van der Waals surface area contributed by atoms with Gasteiger partial charge in [0.1, 0.15) is 11.5 Å². The molecule has 6 rings (SSSR count). The maximum atomic E-state index is 6.79. The van der Waals surface area contributed by atoms with Gasteiger partial charge in [-0.1, -0.05) is 24.3 Å². The van der Waals surface area contributed by atoms with Gasteiger partial charge >= 0.3 is 0 Å². The molecule has 0 atom stereocenters. The first-order valence-corrected chi connectivity index (χ1v) is 13.2. The van der Waals surface area contributed by atoms with Crippen molar-refractivity contribution in [3.8, 4) is 22.5 Å². The quantitative estimate of drug-likeness (QED) is 0.433. The molecule has 1 saturated carbocycles. The smallest absolute Gasteiger partial charge is 0.148 e. The lowest BCUT2D eigenvalue weighted by molar-refractivity contribution is 0.0342. The van der Waals surface area contributed by atoms with E-state index < -0.39 is 5.54 Å². The first kappa shape index (κ1) is 24.2. The maximum absolute atomic E-state index is 6.79. The van der Waals surface area contributed by atoms with Crippen LogP contribution in [0.2, 0.25) is 0 Å². The summed E-state index contributed by atoms with van der Waals surface area (Å²) in [4.78, 5) is 16.7. The lowest BCUT2D eigenvalue weighted by Crippen LogP contribution is -2.45. The number of hydrogen-bond donors (Lipinski definition) is 2. The van der Waals surface area contributed by atoms with E-state index in [0.29, 0.717) is 5.82 Å². The van der Waals surface area contributed by atoms with Crippen LogP contribution in [0.15, 0.2) is 55.0 Å². The van der Waals surface area contributed by atoms with Gasteiger partial charge in [0.25, 0.3) is 0 Å². The van der Waals surface area contributed by atoms with E-state index in [1.165, 1.54) is 11.1 Å². The molecule has 37 heavy (non-hydrogen) atoms. The summed E-state index contributed by atoms with van der Waals surface area (Å²) in [5.41, 5.74) is 19.7. The number of nitrogens with two attached hydrogens (primary N) is 2. The monoisotopic (exact) mass is 497 g/mol. The number of pyridine rings is 1. The fourth-order valence-corrected chi connectivity index (χ4v) is 5.47. The predicted molar refractivity (Wildman–Crippen MR) is 145 cm³/mol. The van der Waals surface area contributed by atoms with Gasteiger partial charge in [0.05, 0.1) is 36.3 Å². The standard InChI is InChI=1S/C29H35N7O/c1-20-16-33-28(29(31)10-8-24(30)9-11-29)34-27(20)25-17-32-26-7-6-23(19-36(25)26)22-4-2-21(3-5-22)18-35-12-14-37-15-13-35/h2-7,16-17,19,24H,8-15,18,30-31H2,1H3. The van der Waals surface area contributed by atoms with E-state index >= 15 is 0 Å². The number of aromatic nitrogens is 4. The molecule has 1 aromatic carbocycles. The molecule has 2 fully saturated rings. The summed E-state index contributed by atoms with van der Waals surface area (Å²) in [6, 6.07) is 13.3. The van der Waals surface area contributed by atoms with Crippen molar-refractivity contribution >= 4 is 5.65 Å². The Labute approximate surface area is 217 Å². The third-order valence-corrected chi connectivity index (χ3v) is 7.88. The zero-order chi connectivity index (χ0) is 25.4. The minimum Gasteiger partial charge on any atom is -0.379 e. The zero-order valence-electron chi connectivity index (χ0n) is 21.4. The van der Waals surface area contributed by atoms with Crippen molar-refractivity contribution in [3.63, 3.8) is 0 Å². The number of aryl methyl sites for hydroxylation is 1. The van der Waals surface area contributed by atoms with E-state index in [0.717, 1.165) is 86.7 Å².